The normalized spacial score (nSPS) is 16.9. The van der Waals surface area contributed by atoms with Crippen LogP contribution in [0.4, 0.5) is 5.69 Å². The van der Waals surface area contributed by atoms with Crippen LogP contribution in [0.25, 0.3) is 0 Å². The number of sulfonamides is 1. The summed E-state index contributed by atoms with van der Waals surface area (Å²) in [4.78, 5) is 15.1. The topological polar surface area (TPSA) is 96.1 Å². The Labute approximate surface area is 194 Å². The predicted molar refractivity (Wildman–Crippen MR) is 129 cm³/mol. The summed E-state index contributed by atoms with van der Waals surface area (Å²) in [6.07, 6.45) is 0.485. The molecule has 33 heavy (non-hydrogen) atoms. The van der Waals surface area contributed by atoms with E-state index in [1.165, 1.54) is 12.1 Å². The largest absolute Gasteiger partial charge is 0.334 e. The number of benzene rings is 3. The molecule has 0 radical (unpaired) electrons. The maximum absolute atomic E-state index is 13.4. The van der Waals surface area contributed by atoms with E-state index in [0.717, 1.165) is 16.8 Å². The van der Waals surface area contributed by atoms with E-state index in [1.807, 2.05) is 72.6 Å². The van der Waals surface area contributed by atoms with Crippen LogP contribution in [0, 0.1) is 0 Å². The Hall–Kier alpha value is -3.49. The van der Waals surface area contributed by atoms with E-state index >= 15 is 0 Å². The first-order valence-electron chi connectivity index (χ1n) is 10.6. The lowest BCUT2D eigenvalue weighted by molar-refractivity contribution is -0.124. The molecule has 2 atom stereocenters. The van der Waals surface area contributed by atoms with Crippen molar-refractivity contribution in [1.82, 2.24) is 4.90 Å². The van der Waals surface area contributed by atoms with Crippen LogP contribution in [0.5, 0.6) is 0 Å². The highest BCUT2D eigenvalue weighted by Crippen LogP contribution is 2.35. The Balaban J connectivity index is 1.59. The van der Waals surface area contributed by atoms with E-state index in [2.05, 4.69) is 0 Å². The van der Waals surface area contributed by atoms with Gasteiger partial charge < -0.3 is 4.90 Å². The van der Waals surface area contributed by atoms with Gasteiger partial charge in [-0.15, -0.1) is 0 Å². The van der Waals surface area contributed by atoms with Crippen LogP contribution in [-0.2, 0) is 14.8 Å². The van der Waals surface area contributed by atoms with Gasteiger partial charge in [0.15, 0.2) is 0 Å². The van der Waals surface area contributed by atoms with Crippen molar-refractivity contribution < 1.29 is 13.2 Å². The number of hydrogen-bond acceptors (Lipinski definition) is 5. The molecular formula is C25H26N4O3S. The summed E-state index contributed by atoms with van der Waals surface area (Å²) in [6.45, 7) is 1.89. The number of amides is 1. The predicted octanol–water partition coefficient (Wildman–Crippen LogP) is 3.86. The Kier molecular flexibility index (Phi) is 6.31. The van der Waals surface area contributed by atoms with Crippen LogP contribution < -0.4 is 10.1 Å². The maximum atomic E-state index is 13.4. The lowest BCUT2D eigenvalue weighted by Crippen LogP contribution is -2.34. The van der Waals surface area contributed by atoms with Gasteiger partial charge in [0.1, 0.15) is 5.71 Å². The molecule has 1 aliphatic heterocycles. The second-order valence-corrected chi connectivity index (χ2v) is 9.62. The number of anilines is 1. The highest BCUT2D eigenvalue weighted by molar-refractivity contribution is 7.89. The van der Waals surface area contributed by atoms with E-state index in [1.54, 1.807) is 24.1 Å². The molecule has 4 rings (SSSR count). The smallest absolute Gasteiger partial charge is 0.270 e. The molecule has 0 saturated carbocycles. The fraction of sp³-hybridized carbons (Fsp3) is 0.200. The Bertz CT molecular complexity index is 1260. The molecule has 3 aromatic rings. The van der Waals surface area contributed by atoms with Crippen LogP contribution in [0.2, 0.25) is 0 Å². The summed E-state index contributed by atoms with van der Waals surface area (Å²) in [5.74, 6) is -0.169. The van der Waals surface area contributed by atoms with Gasteiger partial charge in [-0.05, 0) is 42.3 Å². The first kappa shape index (κ1) is 22.7. The quantitative estimate of drug-likeness (QED) is 0.602. The van der Waals surface area contributed by atoms with Gasteiger partial charge in [-0.3, -0.25) is 9.80 Å². The molecule has 1 heterocycles. The molecule has 7 nitrogen and oxygen atoms in total. The number of para-hydroxylation sites is 1. The van der Waals surface area contributed by atoms with Crippen molar-refractivity contribution in [1.29, 1.82) is 0 Å². The van der Waals surface area contributed by atoms with Gasteiger partial charge >= 0.3 is 0 Å². The van der Waals surface area contributed by atoms with Crippen molar-refractivity contribution in [2.75, 3.05) is 12.1 Å². The minimum Gasteiger partial charge on any atom is -0.334 e. The molecule has 8 heteroatoms. The minimum atomic E-state index is -3.77. The van der Waals surface area contributed by atoms with E-state index in [-0.39, 0.29) is 22.9 Å². The maximum Gasteiger partial charge on any atom is 0.270 e. The molecule has 0 aromatic heterocycles. The average molecular weight is 463 g/mol. The summed E-state index contributed by atoms with van der Waals surface area (Å²) < 4.78 is 23.0. The SMILES string of the molecule is CC(c1ccc(S(N)(=O)=O)cc1)N(C)C(=O)C1=NN(c2ccccc2)C(c2ccccc2)C1. The van der Waals surface area contributed by atoms with Crippen molar-refractivity contribution >= 4 is 27.3 Å². The van der Waals surface area contributed by atoms with Crippen LogP contribution in [0.1, 0.15) is 36.6 Å². The summed E-state index contributed by atoms with van der Waals surface area (Å²) in [5.41, 5.74) is 3.28. The molecule has 3 aromatic carbocycles. The Morgan fingerprint density at radius 2 is 1.58 bits per heavy atom. The van der Waals surface area contributed by atoms with Crippen LogP contribution in [0.15, 0.2) is 94.9 Å². The molecule has 1 aliphatic rings. The zero-order valence-corrected chi connectivity index (χ0v) is 19.3. The summed E-state index contributed by atoms with van der Waals surface area (Å²) in [6, 6.07) is 25.7. The van der Waals surface area contributed by atoms with Gasteiger partial charge in [-0.2, -0.15) is 5.10 Å². The molecule has 0 aliphatic carbocycles. The summed E-state index contributed by atoms with van der Waals surface area (Å²) in [5, 5.41) is 11.8. The van der Waals surface area contributed by atoms with Gasteiger partial charge in [0, 0.05) is 13.5 Å². The standard InChI is InChI=1S/C25H26N4O3S/c1-18(19-13-15-22(16-14-19)33(26,31)32)28(2)25(30)23-17-24(20-9-5-3-6-10-20)29(27-23)21-11-7-4-8-12-21/h3-16,18,24H,17H2,1-2H3,(H2,26,31,32). The first-order chi connectivity index (χ1) is 15.8. The monoisotopic (exact) mass is 462 g/mol. The third-order valence-electron chi connectivity index (χ3n) is 5.95. The number of primary sulfonamides is 1. The number of nitrogens with zero attached hydrogens (tertiary/aromatic N) is 3. The molecule has 2 unspecified atom stereocenters. The lowest BCUT2D eigenvalue weighted by atomic mass is 10.0. The number of hydrogen-bond donors (Lipinski definition) is 1. The van der Waals surface area contributed by atoms with E-state index < -0.39 is 10.0 Å². The van der Waals surface area contributed by atoms with Gasteiger partial charge in [0.25, 0.3) is 5.91 Å². The molecule has 2 N–H and O–H groups in total. The van der Waals surface area contributed by atoms with Crippen LogP contribution in [-0.4, -0.2) is 32.0 Å². The molecule has 0 spiro atoms. The van der Waals surface area contributed by atoms with Gasteiger partial charge in [-0.25, -0.2) is 13.6 Å². The lowest BCUT2D eigenvalue weighted by Gasteiger charge is -2.25. The number of nitrogens with two attached hydrogens (primary N) is 1. The molecule has 0 bridgehead atoms. The van der Waals surface area contributed by atoms with E-state index in [4.69, 9.17) is 10.2 Å². The fourth-order valence-electron chi connectivity index (χ4n) is 3.93. The Morgan fingerprint density at radius 3 is 2.15 bits per heavy atom. The van der Waals surface area contributed by atoms with Gasteiger partial charge in [0.2, 0.25) is 10.0 Å². The molecular weight excluding hydrogens is 436 g/mol. The number of hydrazone groups is 1. The number of carbonyl (C=O) groups is 1. The van der Waals surface area contributed by atoms with E-state index in [9.17, 15) is 13.2 Å². The van der Waals surface area contributed by atoms with Crippen molar-refractivity contribution in [3.63, 3.8) is 0 Å². The van der Waals surface area contributed by atoms with E-state index in [0.29, 0.717) is 12.1 Å². The summed E-state index contributed by atoms with van der Waals surface area (Å²) >= 11 is 0. The van der Waals surface area contributed by atoms with Crippen molar-refractivity contribution in [2.45, 2.75) is 30.3 Å². The second kappa shape index (κ2) is 9.17. The first-order valence-corrected chi connectivity index (χ1v) is 12.2. The minimum absolute atomic E-state index is 0.0387. The Morgan fingerprint density at radius 1 is 1.00 bits per heavy atom. The fourth-order valence-corrected chi connectivity index (χ4v) is 4.45. The van der Waals surface area contributed by atoms with Crippen molar-refractivity contribution in [3.05, 3.63) is 96.1 Å². The van der Waals surface area contributed by atoms with Crippen molar-refractivity contribution in [3.8, 4) is 0 Å². The average Bonchev–Trinajstić information content (AvgIpc) is 3.29. The highest BCUT2D eigenvalue weighted by Gasteiger charge is 2.34. The van der Waals surface area contributed by atoms with Gasteiger partial charge in [-0.1, -0.05) is 60.7 Å². The van der Waals surface area contributed by atoms with Crippen molar-refractivity contribution in [2.24, 2.45) is 10.2 Å². The third kappa shape index (κ3) is 4.81. The summed E-state index contributed by atoms with van der Waals surface area (Å²) in [7, 11) is -2.04. The molecule has 170 valence electrons. The van der Waals surface area contributed by atoms with Crippen LogP contribution >= 0.6 is 0 Å². The number of carbonyl (C=O) groups excluding carboxylic acids is 1. The third-order valence-corrected chi connectivity index (χ3v) is 6.88. The second-order valence-electron chi connectivity index (χ2n) is 8.06. The molecule has 0 fully saturated rings. The molecule has 1 amide bonds. The zero-order chi connectivity index (χ0) is 23.6. The highest BCUT2D eigenvalue weighted by atomic mass is 32.2. The molecule has 0 saturated heterocycles. The zero-order valence-electron chi connectivity index (χ0n) is 18.5. The number of rotatable bonds is 6. The van der Waals surface area contributed by atoms with Crippen LogP contribution in [0.3, 0.4) is 0 Å². The van der Waals surface area contributed by atoms with Gasteiger partial charge in [0.05, 0.1) is 22.7 Å².